The van der Waals surface area contributed by atoms with Crippen molar-refractivity contribution in [2.24, 2.45) is 0 Å². The van der Waals surface area contributed by atoms with E-state index in [1.165, 1.54) is 5.56 Å². The Morgan fingerprint density at radius 2 is 1.72 bits per heavy atom. The van der Waals surface area contributed by atoms with E-state index in [1.54, 1.807) is 0 Å². The average Bonchev–Trinajstić information content (AvgIpc) is 3.23. The molecule has 5 rings (SSSR count). The number of halogens is 1. The van der Waals surface area contributed by atoms with Gasteiger partial charge >= 0.3 is 0 Å². The van der Waals surface area contributed by atoms with Crippen molar-refractivity contribution in [3.63, 3.8) is 0 Å². The first kappa shape index (κ1) is 24.6. The fourth-order valence-electron chi connectivity index (χ4n) is 4.82. The molecule has 0 saturated carbocycles. The summed E-state index contributed by atoms with van der Waals surface area (Å²) in [5, 5.41) is 1.71. The van der Waals surface area contributed by atoms with Crippen LogP contribution < -0.4 is 0 Å². The highest BCUT2D eigenvalue weighted by Crippen LogP contribution is 2.27. The number of carbonyl (C=O) groups is 1. The number of piperazine rings is 1. The molecule has 0 radical (unpaired) electrons. The number of ether oxygens (including phenoxy) is 1. The van der Waals surface area contributed by atoms with Gasteiger partial charge in [0.15, 0.2) is 5.76 Å². The van der Waals surface area contributed by atoms with Crippen molar-refractivity contribution in [2.75, 3.05) is 32.7 Å². The third kappa shape index (κ3) is 5.49. The highest BCUT2D eigenvalue weighted by molar-refractivity contribution is 6.30. The molecule has 0 aliphatic carbocycles. The maximum absolute atomic E-state index is 13.2. The molecule has 4 aromatic rings. The number of furan rings is 1. The lowest BCUT2D eigenvalue weighted by molar-refractivity contribution is 0.00310. The van der Waals surface area contributed by atoms with Gasteiger partial charge in [0, 0.05) is 48.7 Å². The van der Waals surface area contributed by atoms with E-state index in [0.29, 0.717) is 30.5 Å². The lowest BCUT2D eigenvalue weighted by Crippen LogP contribution is -2.49. The molecule has 0 bridgehead atoms. The number of hydrogen-bond donors (Lipinski definition) is 0. The van der Waals surface area contributed by atoms with E-state index >= 15 is 0 Å². The number of aryl methyl sites for hydroxylation is 2. The van der Waals surface area contributed by atoms with Gasteiger partial charge in [0.1, 0.15) is 5.58 Å². The second kappa shape index (κ2) is 10.9. The van der Waals surface area contributed by atoms with Crippen molar-refractivity contribution >= 4 is 28.5 Å². The second-order valence-corrected chi connectivity index (χ2v) is 9.92. The Morgan fingerprint density at radius 3 is 2.44 bits per heavy atom. The smallest absolute Gasteiger partial charge is 0.289 e. The van der Waals surface area contributed by atoms with Gasteiger partial charge in [0.25, 0.3) is 5.91 Å². The Morgan fingerprint density at radius 1 is 0.972 bits per heavy atom. The zero-order valence-electron chi connectivity index (χ0n) is 20.7. The molecular weight excluding hydrogens is 472 g/mol. The lowest BCUT2D eigenvalue weighted by Gasteiger charge is -2.36. The molecule has 0 spiro atoms. The standard InChI is InChI=1S/C30H31ClN2O3/c1-21-6-5-7-23(18-21)20-35-28(24-10-12-25(31)13-11-24)19-32-14-16-33(17-15-32)30(34)29-22(2)26-8-3-4-9-27(26)36-29/h3-13,18,28H,14-17,19-20H2,1-2H3/t28-/m1/s1. The van der Waals surface area contributed by atoms with Crippen LogP contribution in [0.25, 0.3) is 11.0 Å². The summed E-state index contributed by atoms with van der Waals surface area (Å²) in [7, 11) is 0. The van der Waals surface area contributed by atoms with Gasteiger partial charge in [-0.15, -0.1) is 0 Å². The SMILES string of the molecule is Cc1cccc(CO[C@H](CN2CCN(C(=O)c3oc4ccccc4c3C)CC2)c2ccc(Cl)cc2)c1. The quantitative estimate of drug-likeness (QED) is 0.292. The Hall–Kier alpha value is -3.12. The summed E-state index contributed by atoms with van der Waals surface area (Å²) in [4.78, 5) is 17.5. The molecule has 36 heavy (non-hydrogen) atoms. The van der Waals surface area contributed by atoms with Crippen LogP contribution in [-0.4, -0.2) is 48.4 Å². The normalized spacial score (nSPS) is 15.4. The summed E-state index contributed by atoms with van der Waals surface area (Å²) >= 11 is 6.14. The van der Waals surface area contributed by atoms with Gasteiger partial charge in [-0.25, -0.2) is 0 Å². The van der Waals surface area contributed by atoms with Gasteiger partial charge in [-0.1, -0.05) is 71.8 Å². The van der Waals surface area contributed by atoms with Crippen LogP contribution in [0.3, 0.4) is 0 Å². The molecule has 0 unspecified atom stereocenters. The van der Waals surface area contributed by atoms with E-state index in [-0.39, 0.29) is 12.0 Å². The number of fused-ring (bicyclic) bond motifs is 1. The maximum atomic E-state index is 13.2. The van der Waals surface area contributed by atoms with Crippen LogP contribution in [0.4, 0.5) is 0 Å². The Kier molecular flexibility index (Phi) is 7.42. The topological polar surface area (TPSA) is 45.9 Å². The summed E-state index contributed by atoms with van der Waals surface area (Å²) in [5.41, 5.74) is 5.15. The Balaban J connectivity index is 1.24. The van der Waals surface area contributed by atoms with E-state index in [4.69, 9.17) is 20.8 Å². The largest absolute Gasteiger partial charge is 0.451 e. The summed E-state index contributed by atoms with van der Waals surface area (Å²) in [5.74, 6) is 0.415. The number of nitrogens with zero attached hydrogens (tertiary/aromatic N) is 2. The molecule has 3 aromatic carbocycles. The summed E-state index contributed by atoms with van der Waals surface area (Å²) in [6.07, 6.45) is -0.0948. The lowest BCUT2D eigenvalue weighted by atomic mass is 10.1. The number of para-hydroxylation sites is 1. The van der Waals surface area contributed by atoms with Crippen LogP contribution in [0.5, 0.6) is 0 Å². The van der Waals surface area contributed by atoms with Gasteiger partial charge in [0.2, 0.25) is 0 Å². The third-order valence-electron chi connectivity index (χ3n) is 6.90. The van der Waals surface area contributed by atoms with Crippen LogP contribution in [0, 0.1) is 13.8 Å². The number of carbonyl (C=O) groups excluding carboxylic acids is 1. The number of hydrogen-bond acceptors (Lipinski definition) is 4. The molecular formula is C30H31ClN2O3. The fraction of sp³-hybridized carbons (Fsp3) is 0.300. The van der Waals surface area contributed by atoms with E-state index in [0.717, 1.165) is 47.3 Å². The number of amides is 1. The third-order valence-corrected chi connectivity index (χ3v) is 7.15. The molecule has 6 heteroatoms. The van der Waals surface area contributed by atoms with Crippen LogP contribution in [0.2, 0.25) is 5.02 Å². The van der Waals surface area contributed by atoms with Crippen LogP contribution in [0.1, 0.15) is 38.9 Å². The molecule has 1 fully saturated rings. The predicted molar refractivity (Wildman–Crippen MR) is 143 cm³/mol. The van der Waals surface area contributed by atoms with Crippen LogP contribution >= 0.6 is 11.6 Å². The molecule has 186 valence electrons. The van der Waals surface area contributed by atoms with Crippen molar-refractivity contribution in [3.05, 3.63) is 106 Å². The molecule has 2 heterocycles. The summed E-state index contributed by atoms with van der Waals surface area (Å²) in [6, 6.07) is 24.1. The molecule has 1 aliphatic heterocycles. The molecule has 0 N–H and O–H groups in total. The molecule has 5 nitrogen and oxygen atoms in total. The minimum atomic E-state index is -0.0948. The van der Waals surface area contributed by atoms with E-state index < -0.39 is 0 Å². The van der Waals surface area contributed by atoms with Crippen LogP contribution in [-0.2, 0) is 11.3 Å². The summed E-state index contributed by atoms with van der Waals surface area (Å²) in [6.45, 7) is 8.20. The van der Waals surface area contributed by atoms with Gasteiger partial charge in [-0.05, 0) is 43.2 Å². The van der Waals surface area contributed by atoms with Crippen molar-refractivity contribution in [2.45, 2.75) is 26.6 Å². The van der Waals surface area contributed by atoms with E-state index in [2.05, 4.69) is 36.1 Å². The Bertz CT molecular complexity index is 1340. The average molecular weight is 503 g/mol. The van der Waals surface area contributed by atoms with Crippen molar-refractivity contribution in [1.82, 2.24) is 9.80 Å². The molecule has 1 aromatic heterocycles. The first-order valence-electron chi connectivity index (χ1n) is 12.4. The van der Waals surface area contributed by atoms with Gasteiger partial charge < -0.3 is 14.1 Å². The highest BCUT2D eigenvalue weighted by atomic mass is 35.5. The first-order chi connectivity index (χ1) is 17.5. The zero-order chi connectivity index (χ0) is 25.1. The van der Waals surface area contributed by atoms with E-state index in [9.17, 15) is 4.79 Å². The molecule has 1 aliphatic rings. The van der Waals surface area contributed by atoms with Crippen molar-refractivity contribution in [1.29, 1.82) is 0 Å². The van der Waals surface area contributed by atoms with Gasteiger partial charge in [-0.2, -0.15) is 0 Å². The first-order valence-corrected chi connectivity index (χ1v) is 12.8. The predicted octanol–water partition coefficient (Wildman–Crippen LogP) is 6.42. The van der Waals surface area contributed by atoms with E-state index in [1.807, 2.05) is 60.4 Å². The van der Waals surface area contributed by atoms with Crippen molar-refractivity contribution in [3.8, 4) is 0 Å². The Labute approximate surface area is 217 Å². The highest BCUT2D eigenvalue weighted by Gasteiger charge is 2.28. The molecule has 1 amide bonds. The molecule has 1 atom stereocenters. The zero-order valence-corrected chi connectivity index (χ0v) is 21.5. The monoisotopic (exact) mass is 502 g/mol. The van der Waals surface area contributed by atoms with Gasteiger partial charge in [0.05, 0.1) is 12.7 Å². The van der Waals surface area contributed by atoms with Crippen LogP contribution in [0.15, 0.2) is 77.2 Å². The van der Waals surface area contributed by atoms with Crippen molar-refractivity contribution < 1.29 is 13.9 Å². The fourth-order valence-corrected chi connectivity index (χ4v) is 4.95. The molecule has 1 saturated heterocycles. The summed E-state index contributed by atoms with van der Waals surface area (Å²) < 4.78 is 12.3. The minimum absolute atomic E-state index is 0.0340. The number of rotatable bonds is 7. The maximum Gasteiger partial charge on any atom is 0.289 e. The number of benzene rings is 3. The second-order valence-electron chi connectivity index (χ2n) is 9.49. The minimum Gasteiger partial charge on any atom is -0.451 e. The van der Waals surface area contributed by atoms with Gasteiger partial charge in [-0.3, -0.25) is 9.69 Å².